The van der Waals surface area contributed by atoms with Crippen molar-refractivity contribution in [2.75, 3.05) is 13.1 Å². The van der Waals surface area contributed by atoms with Gasteiger partial charge in [-0.05, 0) is 51.0 Å². The molecule has 3 rings (SSSR count). The van der Waals surface area contributed by atoms with Crippen molar-refractivity contribution in [2.24, 2.45) is 0 Å². The highest BCUT2D eigenvalue weighted by molar-refractivity contribution is 5.95. The molecule has 1 aliphatic rings. The third kappa shape index (κ3) is 4.54. The van der Waals surface area contributed by atoms with Gasteiger partial charge in [0, 0.05) is 38.1 Å². The molecule has 2 amide bonds. The molecule has 2 aromatic heterocycles. The van der Waals surface area contributed by atoms with Crippen LogP contribution in [0.1, 0.15) is 40.8 Å². The minimum Gasteiger partial charge on any atom is -0.466 e. The highest BCUT2D eigenvalue weighted by Crippen LogP contribution is 2.22. The van der Waals surface area contributed by atoms with Crippen LogP contribution in [0.15, 0.2) is 35.0 Å². The Morgan fingerprint density at radius 2 is 2.04 bits per heavy atom. The third-order valence-electron chi connectivity index (χ3n) is 4.81. The summed E-state index contributed by atoms with van der Waals surface area (Å²) in [6.07, 6.45) is 4.07. The van der Waals surface area contributed by atoms with Crippen LogP contribution >= 0.6 is 0 Å². The second-order valence-corrected chi connectivity index (χ2v) is 6.93. The van der Waals surface area contributed by atoms with Gasteiger partial charge in [-0.3, -0.25) is 19.5 Å². The summed E-state index contributed by atoms with van der Waals surface area (Å²) in [7, 11) is 0. The monoisotopic (exact) mass is 370 g/mol. The number of amides is 2. The fourth-order valence-corrected chi connectivity index (χ4v) is 3.59. The number of carbonyl (C=O) groups excluding carboxylic acids is 2. The summed E-state index contributed by atoms with van der Waals surface area (Å²) >= 11 is 0. The van der Waals surface area contributed by atoms with Crippen molar-refractivity contribution in [1.82, 2.24) is 20.5 Å². The smallest absolute Gasteiger partial charge is 0.255 e. The molecule has 3 heterocycles. The standard InChI is InChI=1S/C20H26N4O3/c1-4-22-20(26)18-10-16(12-24(18)11-15-5-7-21-8-6-15)23-19(25)17-9-13(2)27-14(17)3/h5-9,16,18H,4,10-12H2,1-3H3,(H,22,26)(H,23,25)/t16-,18-/m0/s1. The van der Waals surface area contributed by atoms with Crippen LogP contribution in [-0.2, 0) is 11.3 Å². The summed E-state index contributed by atoms with van der Waals surface area (Å²) in [6.45, 7) is 7.35. The molecule has 0 unspecified atom stereocenters. The molecule has 0 aliphatic carbocycles. The van der Waals surface area contributed by atoms with E-state index in [1.165, 1.54) is 0 Å². The number of aromatic nitrogens is 1. The maximum atomic E-state index is 12.6. The quantitative estimate of drug-likeness (QED) is 0.810. The van der Waals surface area contributed by atoms with Gasteiger partial charge in [-0.15, -0.1) is 0 Å². The van der Waals surface area contributed by atoms with E-state index < -0.39 is 0 Å². The van der Waals surface area contributed by atoms with E-state index >= 15 is 0 Å². The molecule has 2 N–H and O–H groups in total. The van der Waals surface area contributed by atoms with Crippen LogP contribution in [0.4, 0.5) is 0 Å². The number of aryl methyl sites for hydroxylation is 2. The summed E-state index contributed by atoms with van der Waals surface area (Å²) < 4.78 is 5.45. The second kappa shape index (κ2) is 8.35. The van der Waals surface area contributed by atoms with Crippen molar-refractivity contribution < 1.29 is 14.0 Å². The topological polar surface area (TPSA) is 87.5 Å². The van der Waals surface area contributed by atoms with E-state index in [2.05, 4.69) is 20.5 Å². The lowest BCUT2D eigenvalue weighted by atomic mass is 10.1. The predicted molar refractivity (Wildman–Crippen MR) is 101 cm³/mol. The first-order chi connectivity index (χ1) is 13.0. The molecular weight excluding hydrogens is 344 g/mol. The van der Waals surface area contributed by atoms with Crippen LogP contribution in [0.2, 0.25) is 0 Å². The van der Waals surface area contributed by atoms with Gasteiger partial charge in [-0.1, -0.05) is 0 Å². The summed E-state index contributed by atoms with van der Waals surface area (Å²) in [5.74, 6) is 1.16. The number of carbonyl (C=O) groups is 2. The highest BCUT2D eigenvalue weighted by Gasteiger charge is 2.37. The minimum atomic E-state index is -0.268. The maximum Gasteiger partial charge on any atom is 0.255 e. The molecule has 0 saturated carbocycles. The molecule has 1 saturated heterocycles. The average Bonchev–Trinajstić information content (AvgIpc) is 3.18. The molecule has 0 aromatic carbocycles. The Bertz CT molecular complexity index is 803. The SMILES string of the molecule is CCNC(=O)[C@@H]1C[C@H](NC(=O)c2cc(C)oc2C)CN1Cc1ccncc1. The maximum absolute atomic E-state index is 12.6. The first-order valence-corrected chi connectivity index (χ1v) is 9.26. The molecule has 144 valence electrons. The third-order valence-corrected chi connectivity index (χ3v) is 4.81. The molecule has 0 radical (unpaired) electrons. The van der Waals surface area contributed by atoms with Crippen molar-refractivity contribution >= 4 is 11.8 Å². The van der Waals surface area contributed by atoms with Gasteiger partial charge in [0.25, 0.3) is 5.91 Å². The molecule has 2 atom stereocenters. The number of pyridine rings is 1. The number of hydrogen-bond donors (Lipinski definition) is 2. The second-order valence-electron chi connectivity index (χ2n) is 6.93. The van der Waals surface area contributed by atoms with E-state index in [1.807, 2.05) is 26.0 Å². The summed E-state index contributed by atoms with van der Waals surface area (Å²) in [5.41, 5.74) is 1.64. The van der Waals surface area contributed by atoms with Gasteiger partial charge < -0.3 is 15.1 Å². The van der Waals surface area contributed by atoms with Crippen LogP contribution in [0, 0.1) is 13.8 Å². The summed E-state index contributed by atoms with van der Waals surface area (Å²) in [5, 5.41) is 5.96. The predicted octanol–water partition coefficient (Wildman–Crippen LogP) is 1.80. The van der Waals surface area contributed by atoms with Gasteiger partial charge in [0.15, 0.2) is 0 Å². The Morgan fingerprint density at radius 3 is 2.67 bits per heavy atom. The number of nitrogens with zero attached hydrogens (tertiary/aromatic N) is 2. The minimum absolute atomic E-state index is 0.00126. The van der Waals surface area contributed by atoms with E-state index in [1.54, 1.807) is 25.4 Å². The van der Waals surface area contributed by atoms with E-state index in [0.717, 1.165) is 5.56 Å². The van der Waals surface area contributed by atoms with Gasteiger partial charge in [0.1, 0.15) is 11.5 Å². The lowest BCUT2D eigenvalue weighted by molar-refractivity contribution is -0.125. The lowest BCUT2D eigenvalue weighted by Crippen LogP contribution is -2.42. The van der Waals surface area contributed by atoms with Gasteiger partial charge in [-0.25, -0.2) is 0 Å². The largest absolute Gasteiger partial charge is 0.466 e. The lowest BCUT2D eigenvalue weighted by Gasteiger charge is -2.23. The molecule has 0 bridgehead atoms. The van der Waals surface area contributed by atoms with E-state index in [4.69, 9.17) is 4.42 Å². The fourth-order valence-electron chi connectivity index (χ4n) is 3.59. The number of nitrogens with one attached hydrogen (secondary N) is 2. The van der Waals surface area contributed by atoms with Gasteiger partial charge in [-0.2, -0.15) is 0 Å². The molecule has 7 heteroatoms. The molecule has 27 heavy (non-hydrogen) atoms. The Hall–Kier alpha value is -2.67. The van der Waals surface area contributed by atoms with E-state index in [0.29, 0.717) is 43.1 Å². The molecule has 1 fully saturated rings. The number of hydrogen-bond acceptors (Lipinski definition) is 5. The van der Waals surface area contributed by atoms with Crippen molar-refractivity contribution in [2.45, 2.75) is 45.8 Å². The van der Waals surface area contributed by atoms with Crippen molar-refractivity contribution in [3.8, 4) is 0 Å². The van der Waals surface area contributed by atoms with Crippen LogP contribution < -0.4 is 10.6 Å². The fraction of sp³-hybridized carbons (Fsp3) is 0.450. The van der Waals surface area contributed by atoms with Crippen molar-refractivity contribution in [1.29, 1.82) is 0 Å². The van der Waals surface area contributed by atoms with Crippen molar-refractivity contribution in [3.05, 3.63) is 53.2 Å². The Labute approximate surface area is 159 Å². The number of furan rings is 1. The normalized spacial score (nSPS) is 19.8. The van der Waals surface area contributed by atoms with E-state index in [9.17, 15) is 9.59 Å². The van der Waals surface area contributed by atoms with Crippen LogP contribution in [0.25, 0.3) is 0 Å². The Balaban J connectivity index is 1.71. The van der Waals surface area contributed by atoms with Crippen LogP contribution in [0.5, 0.6) is 0 Å². The molecule has 7 nitrogen and oxygen atoms in total. The Morgan fingerprint density at radius 1 is 1.30 bits per heavy atom. The van der Waals surface area contributed by atoms with Crippen LogP contribution in [0.3, 0.4) is 0 Å². The average molecular weight is 370 g/mol. The zero-order valence-electron chi connectivity index (χ0n) is 16.0. The highest BCUT2D eigenvalue weighted by atomic mass is 16.3. The van der Waals surface area contributed by atoms with Gasteiger partial charge >= 0.3 is 0 Å². The Kier molecular flexibility index (Phi) is 5.91. The number of likely N-dealkylation sites (tertiary alicyclic amines) is 1. The van der Waals surface area contributed by atoms with Gasteiger partial charge in [0.2, 0.25) is 5.91 Å². The number of likely N-dealkylation sites (N-methyl/N-ethyl adjacent to an activating group) is 1. The van der Waals surface area contributed by atoms with Crippen molar-refractivity contribution in [3.63, 3.8) is 0 Å². The first kappa shape index (κ1) is 19.1. The molecule has 2 aromatic rings. The zero-order chi connectivity index (χ0) is 19.4. The first-order valence-electron chi connectivity index (χ1n) is 9.26. The molecule has 1 aliphatic heterocycles. The van der Waals surface area contributed by atoms with E-state index in [-0.39, 0.29) is 23.9 Å². The molecule has 0 spiro atoms. The zero-order valence-corrected chi connectivity index (χ0v) is 16.0. The number of rotatable bonds is 6. The van der Waals surface area contributed by atoms with Crippen LogP contribution in [-0.4, -0.2) is 46.9 Å². The summed E-state index contributed by atoms with van der Waals surface area (Å²) in [6, 6.07) is 5.27. The molecular formula is C20H26N4O3. The van der Waals surface area contributed by atoms with Gasteiger partial charge in [0.05, 0.1) is 11.6 Å². The summed E-state index contributed by atoms with van der Waals surface area (Å²) in [4.78, 5) is 31.3.